The summed E-state index contributed by atoms with van der Waals surface area (Å²) in [7, 11) is 0. The third-order valence-corrected chi connectivity index (χ3v) is 6.07. The van der Waals surface area contributed by atoms with Crippen LogP contribution in [0.5, 0.6) is 0 Å². The molecule has 3 aromatic rings. The van der Waals surface area contributed by atoms with Crippen LogP contribution in [-0.4, -0.2) is 27.5 Å². The maximum absolute atomic E-state index is 12.5. The van der Waals surface area contributed by atoms with E-state index in [1.54, 1.807) is 23.7 Å². The molecule has 1 aliphatic rings. The van der Waals surface area contributed by atoms with Gasteiger partial charge in [-0.15, -0.1) is 11.3 Å². The van der Waals surface area contributed by atoms with Crippen molar-refractivity contribution in [2.45, 2.75) is 44.9 Å². The van der Waals surface area contributed by atoms with E-state index in [0.29, 0.717) is 18.2 Å². The first-order valence-corrected chi connectivity index (χ1v) is 9.97. The van der Waals surface area contributed by atoms with Crippen molar-refractivity contribution in [1.82, 2.24) is 15.0 Å². The number of ether oxygens (including phenoxy) is 1. The standard InChI is InChI=1S/C20H21N3O2S/c1-2-25-20(24)17-18(26-19(23-17)13-6-4-3-5-7-13)14-8-9-15-16(12-14)22-11-10-21-15/h8-13H,2-7H2,1H3. The summed E-state index contributed by atoms with van der Waals surface area (Å²) in [6.07, 6.45) is 9.43. The van der Waals surface area contributed by atoms with Crippen molar-refractivity contribution in [2.24, 2.45) is 0 Å². The summed E-state index contributed by atoms with van der Waals surface area (Å²) in [5, 5.41) is 1.06. The van der Waals surface area contributed by atoms with Crippen molar-refractivity contribution in [2.75, 3.05) is 6.61 Å². The van der Waals surface area contributed by atoms with Gasteiger partial charge in [-0.3, -0.25) is 9.97 Å². The molecular weight excluding hydrogens is 346 g/mol. The molecule has 0 radical (unpaired) electrons. The van der Waals surface area contributed by atoms with Gasteiger partial charge in [0.1, 0.15) is 0 Å². The van der Waals surface area contributed by atoms with Crippen molar-refractivity contribution < 1.29 is 9.53 Å². The summed E-state index contributed by atoms with van der Waals surface area (Å²) < 4.78 is 5.26. The van der Waals surface area contributed by atoms with Crippen molar-refractivity contribution in [3.63, 3.8) is 0 Å². The summed E-state index contributed by atoms with van der Waals surface area (Å²) >= 11 is 1.62. The minimum Gasteiger partial charge on any atom is -0.461 e. The van der Waals surface area contributed by atoms with Gasteiger partial charge >= 0.3 is 5.97 Å². The number of nitrogens with zero attached hydrogens (tertiary/aromatic N) is 3. The van der Waals surface area contributed by atoms with E-state index in [2.05, 4.69) is 9.97 Å². The number of fused-ring (bicyclic) bond motifs is 1. The number of aromatic nitrogens is 3. The average Bonchev–Trinajstić information content (AvgIpc) is 3.14. The highest BCUT2D eigenvalue weighted by Crippen LogP contribution is 2.40. The molecule has 0 spiro atoms. The lowest BCUT2D eigenvalue weighted by atomic mass is 9.90. The smallest absolute Gasteiger partial charge is 0.358 e. The molecule has 2 aromatic heterocycles. The quantitative estimate of drug-likeness (QED) is 0.609. The summed E-state index contributed by atoms with van der Waals surface area (Å²) in [4.78, 5) is 26.8. The highest BCUT2D eigenvalue weighted by Gasteiger charge is 2.26. The zero-order valence-electron chi connectivity index (χ0n) is 14.8. The van der Waals surface area contributed by atoms with Crippen molar-refractivity contribution in [3.05, 3.63) is 41.3 Å². The first-order valence-electron chi connectivity index (χ1n) is 9.15. The fourth-order valence-corrected chi connectivity index (χ4v) is 4.72. The lowest BCUT2D eigenvalue weighted by Crippen LogP contribution is -2.08. The van der Waals surface area contributed by atoms with Gasteiger partial charge in [0.15, 0.2) is 5.69 Å². The molecule has 0 aliphatic heterocycles. The molecular formula is C20H21N3O2S. The molecule has 0 atom stereocenters. The first-order chi connectivity index (χ1) is 12.8. The van der Waals surface area contributed by atoms with E-state index in [-0.39, 0.29) is 5.97 Å². The van der Waals surface area contributed by atoms with Gasteiger partial charge in [0, 0.05) is 18.3 Å². The van der Waals surface area contributed by atoms with Crippen LogP contribution in [0, 0.1) is 0 Å². The van der Waals surface area contributed by atoms with E-state index in [1.165, 1.54) is 19.3 Å². The van der Waals surface area contributed by atoms with Crippen LogP contribution in [-0.2, 0) is 4.74 Å². The molecule has 2 heterocycles. The number of rotatable bonds is 4. The molecule has 5 nitrogen and oxygen atoms in total. The van der Waals surface area contributed by atoms with Crippen molar-refractivity contribution >= 4 is 28.3 Å². The molecule has 0 saturated heterocycles. The SMILES string of the molecule is CCOC(=O)c1nc(C2CCCCC2)sc1-c1ccc2nccnc2c1. The zero-order chi connectivity index (χ0) is 17.9. The minimum absolute atomic E-state index is 0.345. The second-order valence-electron chi connectivity index (χ2n) is 6.55. The second kappa shape index (κ2) is 7.50. The van der Waals surface area contributed by atoms with E-state index in [1.807, 2.05) is 25.1 Å². The van der Waals surface area contributed by atoms with E-state index < -0.39 is 0 Å². The van der Waals surface area contributed by atoms with Gasteiger partial charge in [-0.1, -0.05) is 25.3 Å². The molecule has 0 bridgehead atoms. The molecule has 4 rings (SSSR count). The van der Waals surface area contributed by atoms with E-state index >= 15 is 0 Å². The Bertz CT molecular complexity index is 932. The van der Waals surface area contributed by atoms with E-state index in [4.69, 9.17) is 9.72 Å². The fraction of sp³-hybridized carbons (Fsp3) is 0.400. The van der Waals surface area contributed by atoms with Crippen LogP contribution < -0.4 is 0 Å². The lowest BCUT2D eigenvalue weighted by Gasteiger charge is -2.18. The number of esters is 1. The number of hydrogen-bond acceptors (Lipinski definition) is 6. The van der Waals surface area contributed by atoms with Gasteiger partial charge < -0.3 is 4.74 Å². The topological polar surface area (TPSA) is 65.0 Å². The van der Waals surface area contributed by atoms with Crippen LogP contribution in [0.4, 0.5) is 0 Å². The number of carbonyl (C=O) groups excluding carboxylic acids is 1. The Morgan fingerprint density at radius 2 is 1.92 bits per heavy atom. The van der Waals surface area contributed by atoms with Crippen molar-refractivity contribution in [3.8, 4) is 10.4 Å². The number of thiazole rings is 1. The summed E-state index contributed by atoms with van der Waals surface area (Å²) in [6, 6.07) is 5.90. The van der Waals surface area contributed by atoms with Gasteiger partial charge in [0.05, 0.1) is 27.5 Å². The predicted molar refractivity (Wildman–Crippen MR) is 102 cm³/mol. The van der Waals surface area contributed by atoms with E-state index in [9.17, 15) is 4.79 Å². The molecule has 1 aromatic carbocycles. The molecule has 0 unspecified atom stereocenters. The Hall–Kier alpha value is -2.34. The van der Waals surface area contributed by atoms with Crippen LogP contribution in [0.2, 0.25) is 0 Å². The average molecular weight is 367 g/mol. The zero-order valence-corrected chi connectivity index (χ0v) is 15.6. The molecule has 134 valence electrons. The van der Waals surface area contributed by atoms with Crippen molar-refractivity contribution in [1.29, 1.82) is 0 Å². The molecule has 6 heteroatoms. The van der Waals surface area contributed by atoms with Gasteiger partial charge in [-0.2, -0.15) is 0 Å². The minimum atomic E-state index is -0.347. The number of hydrogen-bond donors (Lipinski definition) is 0. The Morgan fingerprint density at radius 3 is 2.69 bits per heavy atom. The predicted octanol–water partition coefficient (Wildman–Crippen LogP) is 4.98. The van der Waals surface area contributed by atoms with Crippen LogP contribution in [0.25, 0.3) is 21.5 Å². The lowest BCUT2D eigenvalue weighted by molar-refractivity contribution is 0.0521. The largest absolute Gasteiger partial charge is 0.461 e. The highest BCUT2D eigenvalue weighted by molar-refractivity contribution is 7.15. The van der Waals surface area contributed by atoms with Crippen LogP contribution in [0.15, 0.2) is 30.6 Å². The molecule has 1 saturated carbocycles. The van der Waals surface area contributed by atoms with E-state index in [0.717, 1.165) is 39.3 Å². The summed E-state index contributed by atoms with van der Waals surface area (Å²) in [5.74, 6) is 0.107. The fourth-order valence-electron chi connectivity index (χ4n) is 3.50. The molecule has 1 aliphatic carbocycles. The molecule has 26 heavy (non-hydrogen) atoms. The van der Waals surface area contributed by atoms with Crippen LogP contribution in [0.3, 0.4) is 0 Å². The van der Waals surface area contributed by atoms with Crippen LogP contribution >= 0.6 is 11.3 Å². The Labute approximate surface area is 156 Å². The van der Waals surface area contributed by atoms with Crippen LogP contribution in [0.1, 0.15) is 60.4 Å². The van der Waals surface area contributed by atoms with Gasteiger partial charge in [0.25, 0.3) is 0 Å². The normalized spacial score (nSPS) is 15.3. The summed E-state index contributed by atoms with van der Waals surface area (Å²) in [6.45, 7) is 2.16. The molecule has 1 fully saturated rings. The monoisotopic (exact) mass is 367 g/mol. The van der Waals surface area contributed by atoms with Gasteiger partial charge in [0.2, 0.25) is 0 Å². The Morgan fingerprint density at radius 1 is 1.15 bits per heavy atom. The molecule has 0 N–H and O–H groups in total. The molecule has 0 amide bonds. The first kappa shape index (κ1) is 17.1. The van der Waals surface area contributed by atoms with Gasteiger partial charge in [-0.25, -0.2) is 9.78 Å². The summed E-state index contributed by atoms with van der Waals surface area (Å²) in [5.41, 5.74) is 3.03. The number of benzene rings is 1. The Balaban J connectivity index is 1.78. The maximum Gasteiger partial charge on any atom is 0.358 e. The van der Waals surface area contributed by atoms with Gasteiger partial charge in [-0.05, 0) is 37.5 Å². The number of carbonyl (C=O) groups is 1. The second-order valence-corrected chi connectivity index (χ2v) is 7.58. The Kier molecular flexibility index (Phi) is 4.93. The third kappa shape index (κ3) is 3.33. The highest BCUT2D eigenvalue weighted by atomic mass is 32.1. The third-order valence-electron chi connectivity index (χ3n) is 4.80. The maximum atomic E-state index is 12.5.